The van der Waals surface area contributed by atoms with Gasteiger partial charge < -0.3 is 10.4 Å². The van der Waals surface area contributed by atoms with Crippen LogP contribution in [-0.4, -0.2) is 22.5 Å². The number of aliphatic hydroxyl groups excluding tert-OH is 1. The molecule has 2 rings (SSSR count). The lowest BCUT2D eigenvalue weighted by Crippen LogP contribution is -2.29. The second-order valence-corrected chi connectivity index (χ2v) is 5.95. The number of halogens is 1. The van der Waals surface area contributed by atoms with Crippen molar-refractivity contribution in [3.8, 4) is 0 Å². The van der Waals surface area contributed by atoms with Crippen LogP contribution in [0.3, 0.4) is 0 Å². The van der Waals surface area contributed by atoms with Crippen molar-refractivity contribution in [1.29, 1.82) is 0 Å². The summed E-state index contributed by atoms with van der Waals surface area (Å²) in [5.74, 6) is -0.158. The number of carbonyl (C=O) groups excluding carboxylic acids is 1. The number of aryl methyl sites for hydroxylation is 1. The van der Waals surface area contributed by atoms with Gasteiger partial charge in [-0.1, -0.05) is 36.7 Å². The van der Waals surface area contributed by atoms with E-state index in [1.807, 2.05) is 12.3 Å². The number of thiazole rings is 1. The summed E-state index contributed by atoms with van der Waals surface area (Å²) in [7, 11) is 0. The van der Waals surface area contributed by atoms with Crippen molar-refractivity contribution in [1.82, 2.24) is 10.3 Å². The van der Waals surface area contributed by atoms with E-state index in [1.54, 1.807) is 35.6 Å². The second-order valence-electron chi connectivity index (χ2n) is 4.60. The van der Waals surface area contributed by atoms with Crippen molar-refractivity contribution in [2.24, 2.45) is 0 Å². The third kappa shape index (κ3) is 4.52. The summed E-state index contributed by atoms with van der Waals surface area (Å²) >= 11 is 7.56. The monoisotopic (exact) mass is 324 g/mol. The fraction of sp³-hybridized carbons (Fsp3) is 0.333. The number of nitrogens with one attached hydrogen (secondary N) is 1. The molecular formula is C15H17ClN2O2S. The smallest absolute Gasteiger partial charge is 0.226 e. The van der Waals surface area contributed by atoms with Crippen LogP contribution in [0, 0.1) is 0 Å². The lowest BCUT2D eigenvalue weighted by Gasteiger charge is -2.13. The van der Waals surface area contributed by atoms with Crippen LogP contribution in [0.5, 0.6) is 0 Å². The molecule has 1 unspecified atom stereocenters. The average molecular weight is 325 g/mol. The van der Waals surface area contributed by atoms with Crippen LogP contribution in [-0.2, 0) is 17.6 Å². The minimum Gasteiger partial charge on any atom is -0.387 e. The zero-order valence-electron chi connectivity index (χ0n) is 11.7. The summed E-state index contributed by atoms with van der Waals surface area (Å²) in [6.07, 6.45) is 0.285. The molecule has 112 valence electrons. The molecule has 1 heterocycles. The Balaban J connectivity index is 1.85. The minimum atomic E-state index is -0.815. The number of hydrogen-bond acceptors (Lipinski definition) is 4. The van der Waals surface area contributed by atoms with Crippen molar-refractivity contribution in [3.05, 3.63) is 50.9 Å². The van der Waals surface area contributed by atoms with Crippen molar-refractivity contribution in [2.75, 3.05) is 6.54 Å². The molecule has 0 bridgehead atoms. The Hall–Kier alpha value is -1.43. The molecule has 1 aromatic heterocycles. The van der Waals surface area contributed by atoms with Crippen LogP contribution in [0.1, 0.15) is 29.3 Å². The number of amides is 1. The molecule has 4 nitrogen and oxygen atoms in total. The van der Waals surface area contributed by atoms with Gasteiger partial charge in [-0.25, -0.2) is 4.98 Å². The normalized spacial score (nSPS) is 12.1. The van der Waals surface area contributed by atoms with E-state index < -0.39 is 6.10 Å². The molecule has 21 heavy (non-hydrogen) atoms. The molecule has 1 amide bonds. The van der Waals surface area contributed by atoms with Crippen molar-refractivity contribution in [2.45, 2.75) is 25.9 Å². The van der Waals surface area contributed by atoms with Gasteiger partial charge in [0.2, 0.25) is 5.91 Å². The number of rotatable bonds is 6. The molecule has 0 aliphatic heterocycles. The third-order valence-electron chi connectivity index (χ3n) is 3.00. The molecule has 6 heteroatoms. The van der Waals surface area contributed by atoms with Crippen LogP contribution >= 0.6 is 22.9 Å². The van der Waals surface area contributed by atoms with E-state index in [2.05, 4.69) is 10.3 Å². The largest absolute Gasteiger partial charge is 0.387 e. The minimum absolute atomic E-state index is 0.132. The van der Waals surface area contributed by atoms with Gasteiger partial charge in [0.15, 0.2) is 0 Å². The topological polar surface area (TPSA) is 62.2 Å². The standard InChI is InChI=1S/C15H17ClN2O2S/c1-2-15-18-10(9-21-15)7-14(20)17-8-13(19)11-5-3-4-6-12(11)16/h3-6,9,13,19H,2,7-8H2,1H3,(H,17,20). The molecule has 0 saturated carbocycles. The Morgan fingerprint density at radius 1 is 1.48 bits per heavy atom. The highest BCUT2D eigenvalue weighted by atomic mass is 35.5. The molecule has 0 spiro atoms. The third-order valence-corrected chi connectivity index (χ3v) is 4.39. The number of carbonyl (C=O) groups is 1. The Labute approximate surface area is 132 Å². The highest BCUT2D eigenvalue weighted by Crippen LogP contribution is 2.21. The van der Waals surface area contributed by atoms with Crippen LogP contribution < -0.4 is 5.32 Å². The Morgan fingerprint density at radius 3 is 2.90 bits per heavy atom. The van der Waals surface area contributed by atoms with Crippen LogP contribution in [0.15, 0.2) is 29.6 Å². The van der Waals surface area contributed by atoms with E-state index in [0.29, 0.717) is 10.6 Å². The fourth-order valence-electron chi connectivity index (χ4n) is 1.89. The number of aromatic nitrogens is 1. The van der Waals surface area contributed by atoms with Gasteiger partial charge in [0.25, 0.3) is 0 Å². The summed E-state index contributed by atoms with van der Waals surface area (Å²) in [5.41, 5.74) is 1.38. The highest BCUT2D eigenvalue weighted by Gasteiger charge is 2.13. The Morgan fingerprint density at radius 2 is 2.24 bits per heavy atom. The SMILES string of the molecule is CCc1nc(CC(=O)NCC(O)c2ccccc2Cl)cs1. The first-order chi connectivity index (χ1) is 10.1. The van der Waals surface area contributed by atoms with Gasteiger partial charge in [-0.05, 0) is 12.5 Å². The lowest BCUT2D eigenvalue weighted by atomic mass is 10.1. The molecule has 0 aliphatic carbocycles. The predicted molar refractivity (Wildman–Crippen MR) is 84.6 cm³/mol. The Kier molecular flexibility index (Phi) is 5.73. The lowest BCUT2D eigenvalue weighted by molar-refractivity contribution is -0.120. The fourth-order valence-corrected chi connectivity index (χ4v) is 2.89. The quantitative estimate of drug-likeness (QED) is 0.859. The Bertz CT molecular complexity index is 615. The van der Waals surface area contributed by atoms with E-state index >= 15 is 0 Å². The van der Waals surface area contributed by atoms with Crippen LogP contribution in [0.4, 0.5) is 0 Å². The van der Waals surface area contributed by atoms with Gasteiger partial charge in [-0.2, -0.15) is 0 Å². The van der Waals surface area contributed by atoms with Gasteiger partial charge in [-0.15, -0.1) is 11.3 Å². The summed E-state index contributed by atoms with van der Waals surface area (Å²) < 4.78 is 0. The van der Waals surface area contributed by atoms with Gasteiger partial charge >= 0.3 is 0 Å². The molecule has 0 radical (unpaired) electrons. The summed E-state index contributed by atoms with van der Waals surface area (Å²) in [5, 5.41) is 16.2. The molecule has 2 N–H and O–H groups in total. The predicted octanol–water partition coefficient (Wildman–Crippen LogP) is 2.75. The summed E-state index contributed by atoms with van der Waals surface area (Å²) in [6.45, 7) is 2.16. The molecule has 0 saturated heterocycles. The van der Waals surface area contributed by atoms with Crippen LogP contribution in [0.25, 0.3) is 0 Å². The molecular weight excluding hydrogens is 308 g/mol. The van der Waals surface area contributed by atoms with Crippen molar-refractivity contribution in [3.63, 3.8) is 0 Å². The van der Waals surface area contributed by atoms with Gasteiger partial charge in [0, 0.05) is 22.5 Å². The maximum absolute atomic E-state index is 11.8. The van der Waals surface area contributed by atoms with E-state index in [-0.39, 0.29) is 18.9 Å². The molecule has 2 aromatic rings. The molecule has 0 aliphatic rings. The van der Waals surface area contributed by atoms with E-state index in [9.17, 15) is 9.90 Å². The molecule has 1 aromatic carbocycles. The van der Waals surface area contributed by atoms with Crippen molar-refractivity contribution < 1.29 is 9.90 Å². The number of benzene rings is 1. The average Bonchev–Trinajstić information content (AvgIpc) is 2.93. The summed E-state index contributed by atoms with van der Waals surface area (Å²) in [4.78, 5) is 16.2. The van der Waals surface area contributed by atoms with Gasteiger partial charge in [-0.3, -0.25) is 4.79 Å². The highest BCUT2D eigenvalue weighted by molar-refractivity contribution is 7.09. The maximum atomic E-state index is 11.8. The molecule has 0 fully saturated rings. The van der Waals surface area contributed by atoms with E-state index in [4.69, 9.17) is 11.6 Å². The van der Waals surface area contributed by atoms with Gasteiger partial charge in [0.05, 0.1) is 23.2 Å². The zero-order chi connectivity index (χ0) is 15.2. The molecule has 1 atom stereocenters. The van der Waals surface area contributed by atoms with Crippen LogP contribution in [0.2, 0.25) is 5.02 Å². The van der Waals surface area contributed by atoms with Gasteiger partial charge in [0.1, 0.15) is 0 Å². The van der Waals surface area contributed by atoms with E-state index in [0.717, 1.165) is 17.1 Å². The zero-order valence-corrected chi connectivity index (χ0v) is 13.2. The first kappa shape index (κ1) is 15.9. The number of nitrogens with zero attached hydrogens (tertiary/aromatic N) is 1. The summed E-state index contributed by atoms with van der Waals surface area (Å²) in [6, 6.07) is 7.05. The van der Waals surface area contributed by atoms with E-state index in [1.165, 1.54) is 0 Å². The number of aliphatic hydroxyl groups is 1. The number of hydrogen-bond donors (Lipinski definition) is 2. The first-order valence-electron chi connectivity index (χ1n) is 6.72. The maximum Gasteiger partial charge on any atom is 0.226 e. The first-order valence-corrected chi connectivity index (χ1v) is 7.98. The van der Waals surface area contributed by atoms with Crippen molar-refractivity contribution >= 4 is 28.8 Å². The second kappa shape index (κ2) is 7.54.